The van der Waals surface area contributed by atoms with E-state index in [2.05, 4.69) is 48.0 Å². The van der Waals surface area contributed by atoms with Gasteiger partial charge in [-0.2, -0.15) is 0 Å². The van der Waals surface area contributed by atoms with Gasteiger partial charge in [0.1, 0.15) is 0 Å². The first kappa shape index (κ1) is 8.79. The second-order valence-corrected chi connectivity index (χ2v) is 3.87. The maximum atomic E-state index is 3.50. The molecule has 0 saturated heterocycles. The molecule has 0 spiro atoms. The van der Waals surface area contributed by atoms with Crippen LogP contribution in [0.1, 0.15) is 19.4 Å². The molecule has 1 rings (SSSR count). The van der Waals surface area contributed by atoms with E-state index >= 15 is 0 Å². The summed E-state index contributed by atoms with van der Waals surface area (Å²) in [5.74, 6) is 0. The van der Waals surface area contributed by atoms with Gasteiger partial charge in [0.2, 0.25) is 0 Å². The van der Waals surface area contributed by atoms with E-state index in [1.807, 2.05) is 12.1 Å². The van der Waals surface area contributed by atoms with E-state index in [-0.39, 0.29) is 5.41 Å². The zero-order valence-electron chi connectivity index (χ0n) is 6.89. The molecule has 0 aromatic heterocycles. The van der Waals surface area contributed by atoms with Crippen molar-refractivity contribution in [2.75, 3.05) is 5.33 Å². The zero-order chi connectivity index (χ0) is 8.32. The molecule has 0 atom stereocenters. The van der Waals surface area contributed by atoms with E-state index in [0.717, 1.165) is 5.33 Å². The fourth-order valence-electron chi connectivity index (χ4n) is 0.915. The maximum Gasteiger partial charge on any atom is 0.0123 e. The molecule has 0 heterocycles. The molecule has 0 aliphatic rings. The SMILES string of the molecule is CC(C)(CBr)c1cc[c]cc1. The minimum Gasteiger partial charge on any atom is -0.0919 e. The van der Waals surface area contributed by atoms with E-state index < -0.39 is 0 Å². The van der Waals surface area contributed by atoms with Crippen molar-refractivity contribution in [2.45, 2.75) is 19.3 Å². The third-order valence-electron chi connectivity index (χ3n) is 1.83. The Morgan fingerprint density at radius 2 is 1.91 bits per heavy atom. The Morgan fingerprint density at radius 1 is 1.36 bits per heavy atom. The number of rotatable bonds is 2. The van der Waals surface area contributed by atoms with Crippen molar-refractivity contribution in [1.82, 2.24) is 0 Å². The first-order valence-corrected chi connectivity index (χ1v) is 4.81. The van der Waals surface area contributed by atoms with Crippen LogP contribution in [0.5, 0.6) is 0 Å². The van der Waals surface area contributed by atoms with Crippen molar-refractivity contribution >= 4 is 15.9 Å². The topological polar surface area (TPSA) is 0 Å². The number of alkyl halides is 1. The average Bonchev–Trinajstić information content (AvgIpc) is 2.06. The summed E-state index contributed by atoms with van der Waals surface area (Å²) in [5.41, 5.74) is 1.59. The van der Waals surface area contributed by atoms with Crippen molar-refractivity contribution in [3.63, 3.8) is 0 Å². The Morgan fingerprint density at radius 3 is 2.36 bits per heavy atom. The predicted molar refractivity (Wildman–Crippen MR) is 52.1 cm³/mol. The first-order chi connectivity index (χ1) is 5.17. The highest BCUT2D eigenvalue weighted by molar-refractivity contribution is 9.09. The predicted octanol–water partition coefficient (Wildman–Crippen LogP) is 3.16. The van der Waals surface area contributed by atoms with Gasteiger partial charge in [0.15, 0.2) is 0 Å². The summed E-state index contributed by atoms with van der Waals surface area (Å²) in [6.07, 6.45) is 0. The minimum absolute atomic E-state index is 0.231. The van der Waals surface area contributed by atoms with E-state index in [9.17, 15) is 0 Å². The van der Waals surface area contributed by atoms with Crippen molar-refractivity contribution in [3.05, 3.63) is 35.9 Å². The Balaban J connectivity index is 2.93. The van der Waals surface area contributed by atoms with Crippen LogP contribution < -0.4 is 0 Å². The highest BCUT2D eigenvalue weighted by Gasteiger charge is 2.17. The molecule has 0 aliphatic carbocycles. The fourth-order valence-corrected chi connectivity index (χ4v) is 1.24. The monoisotopic (exact) mass is 211 g/mol. The summed E-state index contributed by atoms with van der Waals surface area (Å²) in [7, 11) is 0. The van der Waals surface area contributed by atoms with Crippen LogP contribution in [0.3, 0.4) is 0 Å². The number of halogens is 1. The van der Waals surface area contributed by atoms with Crippen LogP contribution in [0.4, 0.5) is 0 Å². The van der Waals surface area contributed by atoms with Crippen molar-refractivity contribution in [3.8, 4) is 0 Å². The molecule has 1 radical (unpaired) electrons. The molecule has 1 heteroatoms. The van der Waals surface area contributed by atoms with Gasteiger partial charge in [-0.1, -0.05) is 54.0 Å². The number of hydrogen-bond donors (Lipinski definition) is 0. The zero-order valence-corrected chi connectivity index (χ0v) is 8.48. The van der Waals surface area contributed by atoms with E-state index in [4.69, 9.17) is 0 Å². The van der Waals surface area contributed by atoms with Crippen LogP contribution in [0, 0.1) is 6.07 Å². The first-order valence-electron chi connectivity index (χ1n) is 3.69. The minimum atomic E-state index is 0.231. The Labute approximate surface area is 76.8 Å². The molecule has 0 fully saturated rings. The third kappa shape index (κ3) is 2.06. The average molecular weight is 212 g/mol. The van der Waals surface area contributed by atoms with Gasteiger partial charge in [0, 0.05) is 5.33 Å². The second kappa shape index (κ2) is 3.40. The lowest BCUT2D eigenvalue weighted by Crippen LogP contribution is -2.18. The smallest absolute Gasteiger partial charge is 0.0123 e. The third-order valence-corrected chi connectivity index (χ3v) is 3.24. The van der Waals surface area contributed by atoms with Crippen molar-refractivity contribution in [1.29, 1.82) is 0 Å². The van der Waals surface area contributed by atoms with Crippen LogP contribution in [-0.2, 0) is 5.41 Å². The molecular formula is C10H12Br. The number of hydrogen-bond acceptors (Lipinski definition) is 0. The lowest BCUT2D eigenvalue weighted by atomic mass is 9.87. The van der Waals surface area contributed by atoms with Gasteiger partial charge in [0.25, 0.3) is 0 Å². The highest BCUT2D eigenvalue weighted by Crippen LogP contribution is 2.24. The van der Waals surface area contributed by atoms with Crippen LogP contribution in [0.2, 0.25) is 0 Å². The molecule has 0 N–H and O–H groups in total. The molecule has 1 aromatic rings. The lowest BCUT2D eigenvalue weighted by Gasteiger charge is -2.21. The summed E-state index contributed by atoms with van der Waals surface area (Å²) >= 11 is 3.50. The molecular weight excluding hydrogens is 200 g/mol. The standard InChI is InChI=1S/C10H12Br/c1-10(2,8-11)9-6-4-3-5-7-9/h4-7H,8H2,1-2H3. The quantitative estimate of drug-likeness (QED) is 0.660. The molecule has 0 aliphatic heterocycles. The summed E-state index contributed by atoms with van der Waals surface area (Å²) in [5, 5.41) is 0.990. The molecule has 0 nitrogen and oxygen atoms in total. The maximum absolute atomic E-state index is 3.50. The van der Waals surface area contributed by atoms with Crippen LogP contribution in [0.25, 0.3) is 0 Å². The summed E-state index contributed by atoms with van der Waals surface area (Å²) in [4.78, 5) is 0. The summed E-state index contributed by atoms with van der Waals surface area (Å²) < 4.78 is 0. The molecule has 1 aromatic carbocycles. The van der Waals surface area contributed by atoms with Crippen LogP contribution in [-0.4, -0.2) is 5.33 Å². The highest BCUT2D eigenvalue weighted by atomic mass is 79.9. The molecule has 0 amide bonds. The number of benzene rings is 1. The van der Waals surface area contributed by atoms with Gasteiger partial charge in [-0.05, 0) is 17.0 Å². The van der Waals surface area contributed by atoms with E-state index in [0.29, 0.717) is 0 Å². The largest absolute Gasteiger partial charge is 0.0919 e. The van der Waals surface area contributed by atoms with Gasteiger partial charge in [0.05, 0.1) is 0 Å². The Kier molecular flexibility index (Phi) is 2.72. The van der Waals surface area contributed by atoms with Gasteiger partial charge >= 0.3 is 0 Å². The molecule has 59 valence electrons. The Bertz CT molecular complexity index is 214. The molecule has 0 bridgehead atoms. The normalized spacial score (nSPS) is 11.5. The lowest BCUT2D eigenvalue weighted by molar-refractivity contribution is 0.606. The molecule has 0 unspecified atom stereocenters. The summed E-state index contributed by atoms with van der Waals surface area (Å²) in [6.45, 7) is 4.44. The van der Waals surface area contributed by atoms with Crippen LogP contribution in [0.15, 0.2) is 24.3 Å². The summed E-state index contributed by atoms with van der Waals surface area (Å²) in [6, 6.07) is 11.2. The van der Waals surface area contributed by atoms with Gasteiger partial charge in [-0.25, -0.2) is 0 Å². The van der Waals surface area contributed by atoms with Gasteiger partial charge in [-0.3, -0.25) is 0 Å². The van der Waals surface area contributed by atoms with Gasteiger partial charge < -0.3 is 0 Å². The fraction of sp³-hybridized carbons (Fsp3) is 0.400. The van der Waals surface area contributed by atoms with Crippen molar-refractivity contribution < 1.29 is 0 Å². The van der Waals surface area contributed by atoms with Gasteiger partial charge in [-0.15, -0.1) is 0 Å². The second-order valence-electron chi connectivity index (χ2n) is 3.31. The molecule has 0 saturated carbocycles. The van der Waals surface area contributed by atoms with E-state index in [1.165, 1.54) is 5.56 Å². The van der Waals surface area contributed by atoms with E-state index in [1.54, 1.807) is 0 Å². The Hall–Kier alpha value is -0.300. The molecule has 11 heavy (non-hydrogen) atoms. The van der Waals surface area contributed by atoms with Crippen LogP contribution >= 0.6 is 15.9 Å². The van der Waals surface area contributed by atoms with Crippen molar-refractivity contribution in [2.24, 2.45) is 0 Å².